The number of aliphatic hydroxyl groups is 2. The average Bonchev–Trinajstić information content (AvgIpc) is 3.60. The molecule has 0 bridgehead atoms. The fourth-order valence-electron chi connectivity index (χ4n) is 4.47. The second kappa shape index (κ2) is 20.6. The monoisotopic (exact) mass is 1060 g/mol. The number of ether oxygens (including phenoxy) is 1. The van der Waals surface area contributed by atoms with Crippen LogP contribution in [0.2, 0.25) is 0 Å². The summed E-state index contributed by atoms with van der Waals surface area (Å²) in [6, 6.07) is 0. The van der Waals surface area contributed by atoms with Crippen molar-refractivity contribution in [3.8, 4) is 0 Å². The van der Waals surface area contributed by atoms with Crippen molar-refractivity contribution in [3.05, 3.63) is 12.7 Å². The van der Waals surface area contributed by atoms with Gasteiger partial charge in [0.15, 0.2) is 22.8 Å². The summed E-state index contributed by atoms with van der Waals surface area (Å²) in [4.78, 5) is 97.0. The van der Waals surface area contributed by atoms with Gasteiger partial charge in [-0.2, -0.15) is 4.31 Å². The minimum Gasteiger partial charge on any atom is -0.481 e. The quantitative estimate of drug-likeness (QED) is 0.0273. The molecule has 1 aliphatic heterocycles. The number of rotatable bonds is 21. The summed E-state index contributed by atoms with van der Waals surface area (Å²) < 4.78 is 61.8. The van der Waals surface area contributed by atoms with E-state index in [1.54, 1.807) is 0 Å². The number of aromatic nitrogens is 4. The molecule has 3 heterocycles. The number of anilines is 1. The number of phosphoric acid groups is 3. The third kappa shape index (κ3) is 15.3. The summed E-state index contributed by atoms with van der Waals surface area (Å²) >= 11 is 0.718. The zero-order chi connectivity index (χ0) is 40.6. The molecular formula is C24H38N7O19P3PbS. The number of nitrogens with one attached hydrogen (secondary N) is 2. The number of carboxylic acid groups (broad SMARTS) is 1. The molecule has 1 aliphatic rings. The summed E-state index contributed by atoms with van der Waals surface area (Å²) in [5.41, 5.74) is 4.19. The molecule has 7 atom stereocenters. The Labute approximate surface area is 334 Å². The van der Waals surface area contributed by atoms with E-state index in [0.29, 0.717) is 0 Å². The molecule has 2 aromatic heterocycles. The third-order valence-electron chi connectivity index (χ3n) is 7.06. The van der Waals surface area contributed by atoms with E-state index in [2.05, 4.69) is 34.4 Å². The maximum Gasteiger partial charge on any atom is 0.481 e. The number of amides is 2. The van der Waals surface area contributed by atoms with E-state index in [4.69, 9.17) is 24.6 Å². The van der Waals surface area contributed by atoms with Gasteiger partial charge in [0.05, 0.1) is 19.5 Å². The molecule has 4 radical (unpaired) electrons. The van der Waals surface area contributed by atoms with Crippen molar-refractivity contribution < 1.29 is 90.4 Å². The van der Waals surface area contributed by atoms with Crippen LogP contribution in [-0.4, -0.2) is 161 Å². The Morgan fingerprint density at radius 2 is 1.71 bits per heavy atom. The van der Waals surface area contributed by atoms with Crippen LogP contribution in [0.25, 0.3) is 11.2 Å². The minimum absolute atomic E-state index is 0. The van der Waals surface area contributed by atoms with Gasteiger partial charge in [0.25, 0.3) is 0 Å². The first-order valence-corrected chi connectivity index (χ1v) is 20.7. The number of phosphoric ester groups is 3. The molecular weight excluding hydrogens is 1020 g/mol. The normalized spacial score (nSPS) is 21.5. The van der Waals surface area contributed by atoms with Crippen LogP contribution in [0.15, 0.2) is 12.7 Å². The standard InChI is InChI=1S/C24H38N7O19P3S.Pb/c1-24(2,19(37)22(38)27-4-3-13(32)26-5-6-54-15(35)7-14(33)34)9-47-53(44,45)50-52(42,43)46-8-12-18(49-51(39,40)41)17(36)23(48-12)31-11-30-16-20(25)28-10-29-21(16)31;/h10-12,17-19,23,36-37H,3-9H2,1-2H3,(H,26,32)(H,27,38)(H,33,34)(H,42,43)(H,44,45)(H2,25,28,29)(H2,39,40,41);/t12-,17-,18-,19+,23-;/m1./s1. The second-order valence-electron chi connectivity index (χ2n) is 11.9. The number of hydrogen-bond acceptors (Lipinski definition) is 19. The van der Waals surface area contributed by atoms with E-state index in [1.807, 2.05) is 0 Å². The van der Waals surface area contributed by atoms with Crippen molar-refractivity contribution >= 4 is 102 Å². The number of carbonyl (C=O) groups is 4. The summed E-state index contributed by atoms with van der Waals surface area (Å²) in [7, 11) is -16.4. The molecule has 0 spiro atoms. The zero-order valence-electron chi connectivity index (χ0n) is 28.6. The smallest absolute Gasteiger partial charge is 0.481 e. The van der Waals surface area contributed by atoms with Gasteiger partial charge in [0.2, 0.25) is 11.8 Å². The predicted octanol–water partition coefficient (Wildman–Crippen LogP) is -2.24. The Bertz CT molecular complexity index is 1840. The van der Waals surface area contributed by atoms with Crippen LogP contribution >= 0.6 is 35.2 Å². The molecule has 1 fully saturated rings. The van der Waals surface area contributed by atoms with E-state index in [1.165, 1.54) is 13.8 Å². The summed E-state index contributed by atoms with van der Waals surface area (Å²) in [6.45, 7) is 0.132. The van der Waals surface area contributed by atoms with E-state index in [0.717, 1.165) is 29.0 Å². The summed E-state index contributed by atoms with van der Waals surface area (Å²) in [5, 5.41) is 34.0. The molecule has 308 valence electrons. The Morgan fingerprint density at radius 1 is 1.05 bits per heavy atom. The van der Waals surface area contributed by atoms with Gasteiger partial charge < -0.3 is 56.0 Å². The first kappa shape index (κ1) is 49.1. The molecule has 3 rings (SSSR count). The number of nitrogens with two attached hydrogens (primary N) is 1. The van der Waals surface area contributed by atoms with Gasteiger partial charge in [-0.15, -0.1) is 0 Å². The van der Waals surface area contributed by atoms with E-state index in [9.17, 15) is 62.7 Å². The fraction of sp³-hybridized carbons (Fsp3) is 0.625. The number of imidazole rings is 1. The molecule has 0 aliphatic carbocycles. The van der Waals surface area contributed by atoms with Crippen molar-refractivity contribution in [2.75, 3.05) is 37.8 Å². The second-order valence-corrected chi connectivity index (χ2v) is 17.2. The number of fused-ring (bicyclic) bond motifs is 1. The van der Waals surface area contributed by atoms with Crippen LogP contribution in [-0.2, 0) is 55.5 Å². The number of thioether (sulfide) groups is 1. The van der Waals surface area contributed by atoms with Crippen molar-refractivity contribution in [1.29, 1.82) is 0 Å². The number of aliphatic hydroxyl groups excluding tert-OH is 2. The molecule has 0 saturated carbocycles. The first-order valence-electron chi connectivity index (χ1n) is 15.2. The molecule has 26 nitrogen and oxygen atoms in total. The number of carboxylic acids is 1. The van der Waals surface area contributed by atoms with Crippen LogP contribution in [0.3, 0.4) is 0 Å². The van der Waals surface area contributed by atoms with Crippen LogP contribution < -0.4 is 16.4 Å². The summed E-state index contributed by atoms with van der Waals surface area (Å²) in [5.74, 6) is -2.80. The molecule has 55 heavy (non-hydrogen) atoms. The average molecular weight is 1060 g/mol. The predicted molar refractivity (Wildman–Crippen MR) is 185 cm³/mol. The topological polar surface area (TPSA) is 401 Å². The molecule has 31 heteroatoms. The zero-order valence-corrected chi connectivity index (χ0v) is 36.0. The van der Waals surface area contributed by atoms with E-state index >= 15 is 0 Å². The van der Waals surface area contributed by atoms with Crippen LogP contribution in [0, 0.1) is 5.41 Å². The van der Waals surface area contributed by atoms with Gasteiger partial charge in [0.1, 0.15) is 42.7 Å². The Hall–Kier alpha value is -2.05. The third-order valence-corrected chi connectivity index (χ3v) is 11.0. The number of nitrogens with zero attached hydrogens (tertiary/aromatic N) is 4. The fourth-order valence-corrected chi connectivity index (χ4v) is 7.96. The SMILES string of the molecule is CC(C)(COP(=O)(O)OP(=O)(O)OC[C@H]1O[C@@H](n2cnc3c(N)ncnc32)[C@H](O)[C@@H]1OP(=O)(O)O)[C@@H](O)C(=O)NCCC(=O)NCCSC(=O)CC(=O)O.[Pb]. The molecule has 0 aromatic carbocycles. The van der Waals surface area contributed by atoms with Gasteiger partial charge in [-0.1, -0.05) is 25.6 Å². The van der Waals surface area contributed by atoms with Crippen LogP contribution in [0.1, 0.15) is 32.9 Å². The van der Waals surface area contributed by atoms with Crippen molar-refractivity contribution in [1.82, 2.24) is 30.2 Å². The van der Waals surface area contributed by atoms with Crippen molar-refractivity contribution in [3.63, 3.8) is 0 Å². The number of nitrogen functional groups attached to an aromatic ring is 1. The Balaban J connectivity index is 0.0000105. The van der Waals surface area contributed by atoms with Gasteiger partial charge in [-0.25, -0.2) is 28.6 Å². The molecule has 11 N–H and O–H groups in total. The first-order chi connectivity index (χ1) is 24.9. The molecule has 2 amide bonds. The summed E-state index contributed by atoms with van der Waals surface area (Å²) in [6.07, 6.45) is -7.78. The largest absolute Gasteiger partial charge is 0.481 e. The maximum absolute atomic E-state index is 12.6. The Morgan fingerprint density at radius 3 is 2.35 bits per heavy atom. The molecule has 1 saturated heterocycles. The molecule has 2 unspecified atom stereocenters. The van der Waals surface area contributed by atoms with Gasteiger partial charge in [-0.3, -0.25) is 37.3 Å². The van der Waals surface area contributed by atoms with E-state index in [-0.39, 0.29) is 69.5 Å². The van der Waals surface area contributed by atoms with Crippen molar-refractivity contribution in [2.24, 2.45) is 5.41 Å². The maximum atomic E-state index is 12.6. The number of aliphatic carboxylic acids is 1. The molecule has 2 aromatic rings. The number of hydrogen-bond donors (Lipinski definition) is 10. The van der Waals surface area contributed by atoms with Gasteiger partial charge >= 0.3 is 29.4 Å². The Kier molecular flexibility index (Phi) is 18.4. The van der Waals surface area contributed by atoms with Gasteiger partial charge in [-0.05, 0) is 0 Å². The van der Waals surface area contributed by atoms with Crippen LogP contribution in [0.5, 0.6) is 0 Å². The van der Waals surface area contributed by atoms with Gasteiger partial charge in [0, 0.05) is 58.0 Å². The number of carbonyl (C=O) groups excluding carboxylic acids is 3. The van der Waals surface area contributed by atoms with Crippen molar-refractivity contribution in [2.45, 2.75) is 57.3 Å². The van der Waals surface area contributed by atoms with E-state index < -0.39 is 102 Å². The van der Waals surface area contributed by atoms with Crippen LogP contribution in [0.4, 0.5) is 5.82 Å². The minimum atomic E-state index is -5.59.